The number of ether oxygens (including phenoxy) is 5. The van der Waals surface area contributed by atoms with Gasteiger partial charge in [0.05, 0.1) is 6.61 Å². The van der Waals surface area contributed by atoms with Crippen molar-refractivity contribution in [1.82, 2.24) is 0 Å². The lowest BCUT2D eigenvalue weighted by Gasteiger charge is -2.43. The minimum Gasteiger partial charge on any atom is -0.463 e. The van der Waals surface area contributed by atoms with Crippen LogP contribution in [-0.2, 0) is 39.9 Å². The largest absolute Gasteiger partial charge is 0.463 e. The van der Waals surface area contributed by atoms with Crippen LogP contribution < -0.4 is 0 Å². The fourth-order valence-electron chi connectivity index (χ4n) is 2.98. The fraction of sp³-hybridized carbons (Fsp3) is 0.526. The third kappa shape index (κ3) is 8.22. The SMILES string of the molecule is CC(=O)OC[C@H]1O[C@H](OC(=N)C(Cl)(Cl)Cl)[C@H](N=[N+]=[N-])[C@@H](OCc2ccccc2)[C@@H]1OC(C)=O. The monoisotopic (exact) mass is 522 g/mol. The summed E-state index contributed by atoms with van der Waals surface area (Å²) in [5.41, 5.74) is 9.90. The standard InChI is InChI=1S/C19H21Cl3N4O7/c1-10(27)29-9-13-15(31-11(2)28)16(30-8-12-6-4-3-5-7-12)14(25-26-24)17(32-13)33-18(23)19(20,21)22/h3-7,13-17,23H,8-9H2,1-2H3/t13-,14-,15-,16-,17-/m1/s1. The van der Waals surface area contributed by atoms with E-state index in [-0.39, 0.29) is 13.2 Å². The molecule has 5 atom stereocenters. The van der Waals surface area contributed by atoms with Gasteiger partial charge < -0.3 is 23.7 Å². The van der Waals surface area contributed by atoms with Crippen molar-refractivity contribution in [1.29, 1.82) is 5.41 Å². The molecule has 0 bridgehead atoms. The van der Waals surface area contributed by atoms with Gasteiger partial charge in [-0.15, -0.1) is 0 Å². The van der Waals surface area contributed by atoms with Crippen molar-refractivity contribution in [3.8, 4) is 0 Å². The zero-order chi connectivity index (χ0) is 24.6. The summed E-state index contributed by atoms with van der Waals surface area (Å²) < 4.78 is 25.2. The van der Waals surface area contributed by atoms with Crippen LogP contribution in [-0.4, -0.2) is 58.9 Å². The highest BCUT2D eigenvalue weighted by molar-refractivity contribution is 6.76. The molecule has 1 N–H and O–H groups in total. The molecule has 0 radical (unpaired) electrons. The minimum absolute atomic E-state index is 0.0373. The molecule has 0 spiro atoms. The molecule has 1 aliphatic rings. The van der Waals surface area contributed by atoms with Crippen molar-refractivity contribution >= 4 is 52.6 Å². The number of benzene rings is 1. The summed E-state index contributed by atoms with van der Waals surface area (Å²) in [5, 5.41) is 11.5. The number of hydrogen-bond acceptors (Lipinski definition) is 9. The molecular formula is C19H21Cl3N4O7. The number of hydrogen-bond donors (Lipinski definition) is 1. The van der Waals surface area contributed by atoms with E-state index in [0.717, 1.165) is 5.56 Å². The molecule has 1 fully saturated rings. The smallest absolute Gasteiger partial charge is 0.303 e. The molecule has 0 aromatic heterocycles. The van der Waals surface area contributed by atoms with Gasteiger partial charge in [-0.2, -0.15) is 0 Å². The molecular weight excluding hydrogens is 503 g/mol. The van der Waals surface area contributed by atoms with Crippen molar-refractivity contribution in [3.05, 3.63) is 46.3 Å². The lowest BCUT2D eigenvalue weighted by atomic mass is 9.96. The predicted molar refractivity (Wildman–Crippen MR) is 118 cm³/mol. The molecule has 1 aromatic rings. The van der Waals surface area contributed by atoms with Gasteiger partial charge in [-0.1, -0.05) is 70.2 Å². The first-order chi connectivity index (χ1) is 15.5. The van der Waals surface area contributed by atoms with Crippen LogP contribution in [0.5, 0.6) is 0 Å². The average molecular weight is 524 g/mol. The molecule has 0 unspecified atom stereocenters. The third-order valence-electron chi connectivity index (χ3n) is 4.33. The second kappa shape index (κ2) is 12.3. The molecule has 0 aliphatic carbocycles. The summed E-state index contributed by atoms with van der Waals surface area (Å²) >= 11 is 17.1. The Bertz CT molecular complexity index is 893. The maximum absolute atomic E-state index is 11.8. The Balaban J connectivity index is 2.42. The fourth-order valence-corrected chi connectivity index (χ4v) is 3.11. The summed E-state index contributed by atoms with van der Waals surface area (Å²) in [6, 6.07) is 7.74. The molecule has 11 nitrogen and oxygen atoms in total. The second-order valence-electron chi connectivity index (χ2n) is 6.82. The predicted octanol–water partition coefficient (Wildman–Crippen LogP) is 3.83. The van der Waals surface area contributed by atoms with E-state index in [1.807, 2.05) is 6.07 Å². The van der Waals surface area contributed by atoms with Gasteiger partial charge in [-0.3, -0.25) is 15.0 Å². The maximum Gasteiger partial charge on any atom is 0.303 e. The first-order valence-corrected chi connectivity index (χ1v) is 10.6. The average Bonchev–Trinajstić information content (AvgIpc) is 2.73. The maximum atomic E-state index is 11.8. The van der Waals surface area contributed by atoms with Gasteiger partial charge >= 0.3 is 11.9 Å². The first kappa shape index (κ1) is 27.0. The molecule has 1 aliphatic heterocycles. The highest BCUT2D eigenvalue weighted by atomic mass is 35.6. The number of nitrogens with one attached hydrogen (secondary N) is 1. The summed E-state index contributed by atoms with van der Waals surface area (Å²) in [6.07, 6.45) is -4.90. The second-order valence-corrected chi connectivity index (χ2v) is 9.10. The van der Waals surface area contributed by atoms with Crippen molar-refractivity contribution in [2.75, 3.05) is 6.61 Å². The van der Waals surface area contributed by atoms with Crippen molar-refractivity contribution in [3.63, 3.8) is 0 Å². The van der Waals surface area contributed by atoms with E-state index in [9.17, 15) is 9.59 Å². The first-order valence-electron chi connectivity index (χ1n) is 9.51. The number of carbonyl (C=O) groups excluding carboxylic acids is 2. The van der Waals surface area contributed by atoms with Gasteiger partial charge in [0.15, 0.2) is 6.10 Å². The highest BCUT2D eigenvalue weighted by Gasteiger charge is 2.51. The molecule has 2 rings (SSSR count). The molecule has 0 amide bonds. The topological polar surface area (TPSA) is 153 Å². The summed E-state index contributed by atoms with van der Waals surface area (Å²) in [6.45, 7) is 2.03. The molecule has 1 heterocycles. The van der Waals surface area contributed by atoms with E-state index in [2.05, 4.69) is 10.0 Å². The Hall–Kier alpha value is -2.27. The Morgan fingerprint density at radius 1 is 1.15 bits per heavy atom. The number of azide groups is 1. The normalized spacial score (nSPS) is 24.8. The van der Waals surface area contributed by atoms with Gasteiger partial charge in [0.1, 0.15) is 24.9 Å². The summed E-state index contributed by atoms with van der Waals surface area (Å²) in [5.74, 6) is -2.11. The summed E-state index contributed by atoms with van der Waals surface area (Å²) in [4.78, 5) is 26.0. The number of nitrogens with zero attached hydrogens (tertiary/aromatic N) is 3. The number of carbonyl (C=O) groups is 2. The van der Waals surface area contributed by atoms with Gasteiger partial charge in [0.25, 0.3) is 3.79 Å². The zero-order valence-corrected chi connectivity index (χ0v) is 19.8. The molecule has 33 heavy (non-hydrogen) atoms. The van der Waals surface area contributed by atoms with E-state index in [1.54, 1.807) is 24.3 Å². The van der Waals surface area contributed by atoms with Crippen molar-refractivity contribution < 1.29 is 33.3 Å². The van der Waals surface area contributed by atoms with E-state index in [0.29, 0.717) is 0 Å². The Kier molecular flexibility index (Phi) is 10.0. The minimum atomic E-state index is -2.23. The quantitative estimate of drug-likeness (QED) is 0.103. The van der Waals surface area contributed by atoms with Gasteiger partial charge in [-0.05, 0) is 11.1 Å². The van der Waals surface area contributed by atoms with Crippen LogP contribution in [0.3, 0.4) is 0 Å². The number of rotatable bonds is 8. The van der Waals surface area contributed by atoms with Gasteiger partial charge in [0, 0.05) is 18.8 Å². The lowest BCUT2D eigenvalue weighted by molar-refractivity contribution is -0.261. The van der Waals surface area contributed by atoms with Crippen LogP contribution in [0.2, 0.25) is 0 Å². The highest BCUT2D eigenvalue weighted by Crippen LogP contribution is 2.34. The number of halogens is 3. The van der Waals surface area contributed by atoms with E-state index in [1.165, 1.54) is 13.8 Å². The number of alkyl halides is 3. The summed E-state index contributed by atoms with van der Waals surface area (Å²) in [7, 11) is 0. The lowest BCUT2D eigenvalue weighted by Crippen LogP contribution is -2.61. The number of esters is 2. The van der Waals surface area contributed by atoms with Crippen LogP contribution >= 0.6 is 34.8 Å². The molecule has 14 heteroatoms. The van der Waals surface area contributed by atoms with Gasteiger partial charge in [-0.25, -0.2) is 0 Å². The van der Waals surface area contributed by atoms with Crippen LogP contribution in [0.15, 0.2) is 35.4 Å². The molecule has 1 saturated heterocycles. The Morgan fingerprint density at radius 2 is 1.82 bits per heavy atom. The van der Waals surface area contributed by atoms with Crippen molar-refractivity contribution in [2.45, 2.75) is 54.9 Å². The Labute approximate surface area is 204 Å². The van der Waals surface area contributed by atoms with E-state index in [4.69, 9.17) is 69.4 Å². The van der Waals surface area contributed by atoms with E-state index >= 15 is 0 Å². The van der Waals surface area contributed by atoms with Gasteiger partial charge in [0.2, 0.25) is 12.2 Å². The van der Waals surface area contributed by atoms with E-state index < -0.39 is 52.3 Å². The third-order valence-corrected chi connectivity index (χ3v) is 4.84. The van der Waals surface area contributed by atoms with Crippen LogP contribution in [0, 0.1) is 5.41 Å². The van der Waals surface area contributed by atoms with Crippen molar-refractivity contribution in [2.24, 2.45) is 5.11 Å². The molecule has 0 saturated carbocycles. The van der Waals surface area contributed by atoms with Crippen LogP contribution in [0.4, 0.5) is 0 Å². The molecule has 1 aromatic carbocycles. The zero-order valence-electron chi connectivity index (χ0n) is 17.5. The van der Waals surface area contributed by atoms with Crippen LogP contribution in [0.1, 0.15) is 19.4 Å². The Morgan fingerprint density at radius 3 is 2.36 bits per heavy atom. The van der Waals surface area contributed by atoms with Crippen LogP contribution in [0.25, 0.3) is 10.4 Å². The molecule has 180 valence electrons.